The molecule has 0 saturated heterocycles. The minimum atomic E-state index is -0.584. The molecule has 0 aliphatic carbocycles. The normalized spacial score (nSPS) is 11.7. The second kappa shape index (κ2) is 6.29. The molecule has 1 aromatic rings. The summed E-state index contributed by atoms with van der Waals surface area (Å²) in [6, 6.07) is 1.24. The van der Waals surface area contributed by atoms with Gasteiger partial charge in [-0.3, -0.25) is 4.79 Å². The predicted molar refractivity (Wildman–Crippen MR) is 68.3 cm³/mol. The number of aromatic nitrogens is 1. The fourth-order valence-corrected chi connectivity index (χ4v) is 1.66. The molecule has 0 spiro atoms. The Hall–Kier alpha value is -1.70. The van der Waals surface area contributed by atoms with E-state index in [1.807, 2.05) is 0 Å². The van der Waals surface area contributed by atoms with Crippen molar-refractivity contribution in [2.45, 2.75) is 19.4 Å². The zero-order chi connectivity index (χ0) is 13.7. The number of methoxy groups -OCH3 is 1. The van der Waals surface area contributed by atoms with Crippen LogP contribution in [0, 0.1) is 10.1 Å². The molecule has 0 aliphatic heterocycles. The molecule has 1 heterocycles. The predicted octanol–water partition coefficient (Wildman–Crippen LogP) is 2.12. The minimum Gasteiger partial charge on any atom is -0.469 e. The highest BCUT2D eigenvalue weighted by Gasteiger charge is 2.18. The average molecular weight is 318 g/mol. The van der Waals surface area contributed by atoms with Gasteiger partial charge in [0.15, 0.2) is 6.20 Å². The van der Waals surface area contributed by atoms with Gasteiger partial charge in [0.25, 0.3) is 0 Å². The molecule has 1 rings (SSSR count). The molecule has 0 radical (unpaired) electrons. The summed E-state index contributed by atoms with van der Waals surface area (Å²) in [7, 11) is 1.29. The quantitative estimate of drug-likeness (QED) is 0.508. The molecule has 1 atom stereocenters. The number of carbonyl (C=O) groups excluding carboxylic acids is 1. The zero-order valence-electron chi connectivity index (χ0n) is 9.84. The number of nitrogens with one attached hydrogen (secondary N) is 1. The molecular weight excluding hydrogens is 306 g/mol. The van der Waals surface area contributed by atoms with Crippen molar-refractivity contribution in [1.29, 1.82) is 0 Å². The van der Waals surface area contributed by atoms with Crippen LogP contribution in [-0.4, -0.2) is 29.0 Å². The van der Waals surface area contributed by atoms with Crippen molar-refractivity contribution in [3.8, 4) is 0 Å². The van der Waals surface area contributed by atoms with Crippen LogP contribution in [0.2, 0.25) is 0 Å². The van der Waals surface area contributed by atoms with Crippen molar-refractivity contribution in [3.63, 3.8) is 0 Å². The average Bonchev–Trinajstić information content (AvgIpc) is 2.28. The first-order valence-corrected chi connectivity index (χ1v) is 5.86. The lowest BCUT2D eigenvalue weighted by Gasteiger charge is -2.13. The van der Waals surface area contributed by atoms with Crippen LogP contribution < -0.4 is 5.32 Å². The van der Waals surface area contributed by atoms with E-state index in [-0.39, 0.29) is 29.9 Å². The third-order valence-corrected chi connectivity index (χ3v) is 2.54. The molecule has 0 aliphatic rings. The van der Waals surface area contributed by atoms with Crippen LogP contribution in [0.5, 0.6) is 0 Å². The van der Waals surface area contributed by atoms with Gasteiger partial charge in [0.1, 0.15) is 5.69 Å². The summed E-state index contributed by atoms with van der Waals surface area (Å²) in [6.07, 6.45) is 1.45. The highest BCUT2D eigenvalue weighted by molar-refractivity contribution is 9.10. The van der Waals surface area contributed by atoms with Crippen LogP contribution >= 0.6 is 15.9 Å². The summed E-state index contributed by atoms with van der Waals surface area (Å²) in [4.78, 5) is 25.0. The second-order valence-corrected chi connectivity index (χ2v) is 4.52. The van der Waals surface area contributed by atoms with Crippen LogP contribution in [0.1, 0.15) is 13.3 Å². The molecule has 0 saturated carbocycles. The Morgan fingerprint density at radius 3 is 2.94 bits per heavy atom. The van der Waals surface area contributed by atoms with E-state index in [0.29, 0.717) is 4.47 Å². The van der Waals surface area contributed by atoms with Crippen LogP contribution in [0.25, 0.3) is 0 Å². The number of ether oxygens (including phenoxy) is 1. The van der Waals surface area contributed by atoms with E-state index < -0.39 is 4.92 Å². The first kappa shape index (κ1) is 14.4. The van der Waals surface area contributed by atoms with E-state index in [9.17, 15) is 14.9 Å². The number of hydrogen-bond donors (Lipinski definition) is 1. The number of anilines is 1. The lowest BCUT2D eigenvalue weighted by Crippen LogP contribution is -2.21. The molecule has 0 amide bonds. The molecule has 0 fully saturated rings. The van der Waals surface area contributed by atoms with Gasteiger partial charge in [-0.2, -0.15) is 0 Å². The number of pyridine rings is 1. The monoisotopic (exact) mass is 317 g/mol. The first-order chi connectivity index (χ1) is 8.43. The number of esters is 1. The molecule has 8 heteroatoms. The SMILES string of the molecule is COC(=O)C[C@@H](C)Nc1cc(Br)cnc1[N+](=O)[O-]. The maximum absolute atomic E-state index is 11.1. The van der Waals surface area contributed by atoms with Gasteiger partial charge in [-0.1, -0.05) is 0 Å². The van der Waals surface area contributed by atoms with Gasteiger partial charge in [-0.15, -0.1) is 0 Å². The molecule has 7 nitrogen and oxygen atoms in total. The molecule has 0 aromatic carbocycles. The molecule has 0 bridgehead atoms. The highest BCUT2D eigenvalue weighted by Crippen LogP contribution is 2.25. The number of carbonyl (C=O) groups is 1. The van der Waals surface area contributed by atoms with Crippen molar-refractivity contribution in [2.75, 3.05) is 12.4 Å². The fourth-order valence-electron chi connectivity index (χ4n) is 1.33. The third kappa shape index (κ3) is 3.95. The maximum atomic E-state index is 11.1. The molecular formula is C10H12BrN3O4. The van der Waals surface area contributed by atoms with Gasteiger partial charge >= 0.3 is 11.8 Å². The third-order valence-electron chi connectivity index (χ3n) is 2.11. The van der Waals surface area contributed by atoms with Crippen LogP contribution in [0.3, 0.4) is 0 Å². The van der Waals surface area contributed by atoms with E-state index in [2.05, 4.69) is 31.0 Å². The van der Waals surface area contributed by atoms with E-state index in [1.54, 1.807) is 13.0 Å². The molecule has 98 valence electrons. The van der Waals surface area contributed by atoms with E-state index in [1.165, 1.54) is 13.3 Å². The summed E-state index contributed by atoms with van der Waals surface area (Å²) < 4.78 is 5.13. The summed E-state index contributed by atoms with van der Waals surface area (Å²) in [5.41, 5.74) is 0.255. The Morgan fingerprint density at radius 1 is 1.72 bits per heavy atom. The van der Waals surface area contributed by atoms with Gasteiger partial charge in [0.2, 0.25) is 0 Å². The van der Waals surface area contributed by atoms with Crippen LogP contribution in [-0.2, 0) is 9.53 Å². The fraction of sp³-hybridized carbons (Fsp3) is 0.400. The maximum Gasteiger partial charge on any atom is 0.386 e. The van der Waals surface area contributed by atoms with Crippen LogP contribution in [0.4, 0.5) is 11.5 Å². The van der Waals surface area contributed by atoms with Crippen molar-refractivity contribution in [3.05, 3.63) is 26.9 Å². The molecule has 1 N–H and O–H groups in total. The lowest BCUT2D eigenvalue weighted by molar-refractivity contribution is -0.388. The van der Waals surface area contributed by atoms with Gasteiger partial charge in [0.05, 0.1) is 18.0 Å². The smallest absolute Gasteiger partial charge is 0.386 e. The van der Waals surface area contributed by atoms with Gasteiger partial charge in [0, 0.05) is 6.04 Å². The van der Waals surface area contributed by atoms with Gasteiger partial charge in [-0.05, 0) is 38.8 Å². The summed E-state index contributed by atoms with van der Waals surface area (Å²) in [5, 5.41) is 13.7. The molecule has 1 aromatic heterocycles. The van der Waals surface area contributed by atoms with E-state index in [0.717, 1.165) is 0 Å². The van der Waals surface area contributed by atoms with Crippen molar-refractivity contribution in [1.82, 2.24) is 4.98 Å². The van der Waals surface area contributed by atoms with Crippen molar-refractivity contribution >= 4 is 33.4 Å². The Balaban J connectivity index is 2.85. The second-order valence-electron chi connectivity index (χ2n) is 3.61. The van der Waals surface area contributed by atoms with Crippen molar-refractivity contribution in [2.24, 2.45) is 0 Å². The first-order valence-electron chi connectivity index (χ1n) is 5.07. The van der Waals surface area contributed by atoms with E-state index >= 15 is 0 Å². The Labute approximate surface area is 112 Å². The number of hydrogen-bond acceptors (Lipinski definition) is 6. The summed E-state index contributed by atoms with van der Waals surface area (Å²) >= 11 is 3.18. The minimum absolute atomic E-state index is 0.111. The number of rotatable bonds is 5. The topological polar surface area (TPSA) is 94.4 Å². The molecule has 18 heavy (non-hydrogen) atoms. The zero-order valence-corrected chi connectivity index (χ0v) is 11.4. The van der Waals surface area contributed by atoms with Gasteiger partial charge in [-0.25, -0.2) is 0 Å². The largest absolute Gasteiger partial charge is 0.469 e. The van der Waals surface area contributed by atoms with Gasteiger partial charge < -0.3 is 20.2 Å². The number of nitro groups is 1. The number of nitrogens with zero attached hydrogens (tertiary/aromatic N) is 2. The number of halogens is 1. The highest BCUT2D eigenvalue weighted by atomic mass is 79.9. The Kier molecular flexibility index (Phi) is 5.02. The van der Waals surface area contributed by atoms with Crippen molar-refractivity contribution < 1.29 is 14.5 Å². The Bertz CT molecular complexity index is 466. The lowest BCUT2D eigenvalue weighted by atomic mass is 10.2. The Morgan fingerprint density at radius 2 is 2.39 bits per heavy atom. The summed E-state index contributed by atoms with van der Waals surface area (Å²) in [5.74, 6) is -0.671. The standard InChI is InChI=1S/C10H12BrN3O4/c1-6(3-9(15)18-2)13-8-4-7(11)5-12-10(8)14(16)17/h4-6,13H,3H2,1-2H3/t6-/m1/s1. The van der Waals surface area contributed by atoms with E-state index in [4.69, 9.17) is 0 Å². The molecule has 0 unspecified atom stereocenters. The summed E-state index contributed by atoms with van der Waals surface area (Å²) in [6.45, 7) is 1.72. The van der Waals surface area contributed by atoms with Crippen LogP contribution in [0.15, 0.2) is 16.7 Å².